The van der Waals surface area contributed by atoms with E-state index in [0.29, 0.717) is 3.70 Å². The fraction of sp³-hybridized carbons (Fsp3) is 0.250. The molecule has 1 N–H and O–H groups in total. The minimum atomic E-state index is -2.92. The van der Waals surface area contributed by atoms with Crippen LogP contribution in [0.3, 0.4) is 0 Å². The molecule has 0 saturated carbocycles. The smallest absolute Gasteiger partial charge is 0.338 e. The van der Waals surface area contributed by atoms with Crippen molar-refractivity contribution in [1.29, 1.82) is 0 Å². The highest BCUT2D eigenvalue weighted by atomic mass is 127. The second-order valence-electron chi connectivity index (χ2n) is 2.60. The maximum atomic E-state index is 12.5. The first-order valence-corrected chi connectivity index (χ1v) is 5.35. The van der Waals surface area contributed by atoms with Gasteiger partial charge in [-0.05, 0) is 34.2 Å². The molecular formula is C8H5ClF2INO2. The van der Waals surface area contributed by atoms with Gasteiger partial charge in [0, 0.05) is 5.88 Å². The maximum absolute atomic E-state index is 12.5. The molecular weight excluding hydrogens is 342 g/mol. The van der Waals surface area contributed by atoms with Crippen LogP contribution >= 0.6 is 34.2 Å². The summed E-state index contributed by atoms with van der Waals surface area (Å²) in [7, 11) is 0. The first kappa shape index (κ1) is 12.6. The standard InChI is InChI=1S/C8H5ClF2INO2/c9-2-3-1-4(12)13-6(7(10)11)5(3)8(14)15/h1,7H,2H2,(H,14,15). The Morgan fingerprint density at radius 3 is 2.67 bits per heavy atom. The van der Waals surface area contributed by atoms with Crippen LogP contribution in [0.15, 0.2) is 6.07 Å². The van der Waals surface area contributed by atoms with Crippen molar-refractivity contribution in [2.75, 3.05) is 0 Å². The van der Waals surface area contributed by atoms with Crippen LogP contribution in [0.2, 0.25) is 0 Å². The van der Waals surface area contributed by atoms with Crippen LogP contribution in [0.25, 0.3) is 0 Å². The summed E-state index contributed by atoms with van der Waals surface area (Å²) in [5.74, 6) is -1.58. The lowest BCUT2D eigenvalue weighted by atomic mass is 10.1. The van der Waals surface area contributed by atoms with Crippen molar-refractivity contribution >= 4 is 40.2 Å². The van der Waals surface area contributed by atoms with Crippen LogP contribution in [-0.4, -0.2) is 16.1 Å². The number of halogens is 4. The van der Waals surface area contributed by atoms with Crippen molar-refractivity contribution in [2.45, 2.75) is 12.3 Å². The average molecular weight is 347 g/mol. The Labute approximate surface area is 103 Å². The van der Waals surface area contributed by atoms with Gasteiger partial charge >= 0.3 is 5.97 Å². The molecule has 0 atom stereocenters. The molecule has 1 heterocycles. The fourth-order valence-electron chi connectivity index (χ4n) is 1.09. The number of nitrogens with zero attached hydrogens (tertiary/aromatic N) is 1. The topological polar surface area (TPSA) is 50.2 Å². The Kier molecular flexibility index (Phi) is 4.21. The molecule has 0 aliphatic rings. The van der Waals surface area contributed by atoms with Crippen LogP contribution in [0, 0.1) is 3.70 Å². The zero-order chi connectivity index (χ0) is 11.6. The van der Waals surface area contributed by atoms with E-state index < -0.39 is 23.7 Å². The van der Waals surface area contributed by atoms with E-state index in [4.69, 9.17) is 16.7 Å². The van der Waals surface area contributed by atoms with Gasteiger partial charge < -0.3 is 5.11 Å². The van der Waals surface area contributed by atoms with Crippen LogP contribution < -0.4 is 0 Å². The summed E-state index contributed by atoms with van der Waals surface area (Å²) in [5.41, 5.74) is -1.08. The van der Waals surface area contributed by atoms with Crippen molar-refractivity contribution in [2.24, 2.45) is 0 Å². The van der Waals surface area contributed by atoms with E-state index in [1.807, 2.05) is 0 Å². The number of carboxylic acid groups (broad SMARTS) is 1. The summed E-state index contributed by atoms with van der Waals surface area (Å²) in [6.45, 7) is 0. The van der Waals surface area contributed by atoms with E-state index in [2.05, 4.69) is 4.98 Å². The molecule has 0 unspecified atom stereocenters. The van der Waals surface area contributed by atoms with Gasteiger partial charge in [0.15, 0.2) is 0 Å². The minimum absolute atomic E-state index is 0.139. The molecule has 0 radical (unpaired) electrons. The first-order valence-electron chi connectivity index (χ1n) is 3.74. The van der Waals surface area contributed by atoms with Crippen molar-refractivity contribution < 1.29 is 18.7 Å². The highest BCUT2D eigenvalue weighted by Crippen LogP contribution is 2.26. The predicted octanol–water partition coefficient (Wildman–Crippen LogP) is 3.06. The van der Waals surface area contributed by atoms with E-state index >= 15 is 0 Å². The Balaban J connectivity index is 3.47. The lowest BCUT2D eigenvalue weighted by Gasteiger charge is -2.08. The van der Waals surface area contributed by atoms with Gasteiger partial charge in [-0.3, -0.25) is 0 Å². The van der Waals surface area contributed by atoms with Gasteiger partial charge in [0.05, 0.1) is 5.56 Å². The van der Waals surface area contributed by atoms with E-state index in [1.54, 1.807) is 22.6 Å². The molecule has 1 rings (SSSR count). The largest absolute Gasteiger partial charge is 0.478 e. The van der Waals surface area contributed by atoms with Gasteiger partial charge in [0.2, 0.25) is 0 Å². The van der Waals surface area contributed by atoms with Crippen molar-refractivity contribution in [3.63, 3.8) is 0 Å². The number of pyridine rings is 1. The molecule has 3 nitrogen and oxygen atoms in total. The molecule has 0 saturated heterocycles. The Bertz CT molecular complexity index is 400. The minimum Gasteiger partial charge on any atom is -0.478 e. The average Bonchev–Trinajstić information content (AvgIpc) is 2.15. The number of aromatic carboxylic acids is 1. The highest BCUT2D eigenvalue weighted by molar-refractivity contribution is 14.1. The normalized spacial score (nSPS) is 10.7. The lowest BCUT2D eigenvalue weighted by molar-refractivity contribution is 0.0681. The highest BCUT2D eigenvalue weighted by Gasteiger charge is 2.23. The molecule has 0 spiro atoms. The molecule has 15 heavy (non-hydrogen) atoms. The van der Waals surface area contributed by atoms with Crippen LogP contribution in [0.5, 0.6) is 0 Å². The molecule has 1 aromatic rings. The summed E-state index contributed by atoms with van der Waals surface area (Å²) < 4.78 is 25.3. The second kappa shape index (κ2) is 5.02. The molecule has 0 aliphatic heterocycles. The maximum Gasteiger partial charge on any atom is 0.338 e. The first-order chi connectivity index (χ1) is 6.97. The summed E-state index contributed by atoms with van der Waals surface area (Å²) in [6, 6.07) is 1.38. The van der Waals surface area contributed by atoms with Crippen LogP contribution in [-0.2, 0) is 5.88 Å². The summed E-state index contributed by atoms with van der Waals surface area (Å²) in [5, 5.41) is 8.78. The number of carboxylic acids is 1. The zero-order valence-electron chi connectivity index (χ0n) is 7.18. The molecule has 0 aliphatic carbocycles. The van der Waals surface area contributed by atoms with E-state index in [1.165, 1.54) is 6.07 Å². The van der Waals surface area contributed by atoms with Gasteiger partial charge in [-0.2, -0.15) is 0 Å². The third-order valence-electron chi connectivity index (χ3n) is 1.66. The SMILES string of the molecule is O=C(O)c1c(CCl)cc(I)nc1C(F)F. The van der Waals surface area contributed by atoms with E-state index in [-0.39, 0.29) is 11.4 Å². The number of aromatic nitrogens is 1. The van der Waals surface area contributed by atoms with Gasteiger partial charge in [0.25, 0.3) is 6.43 Å². The zero-order valence-corrected chi connectivity index (χ0v) is 10.1. The van der Waals surface area contributed by atoms with Crippen molar-refractivity contribution in [3.05, 3.63) is 26.6 Å². The molecule has 7 heteroatoms. The lowest BCUT2D eigenvalue weighted by Crippen LogP contribution is -2.10. The third-order valence-corrected chi connectivity index (χ3v) is 2.50. The summed E-state index contributed by atoms with van der Waals surface area (Å²) in [6.07, 6.45) is -2.92. The molecule has 0 aromatic carbocycles. The van der Waals surface area contributed by atoms with Gasteiger partial charge in [-0.25, -0.2) is 18.6 Å². The molecule has 1 aromatic heterocycles. The fourth-order valence-corrected chi connectivity index (χ4v) is 1.94. The van der Waals surface area contributed by atoms with Gasteiger partial charge in [-0.1, -0.05) is 0 Å². The second-order valence-corrected chi connectivity index (χ2v) is 3.98. The molecule has 82 valence electrons. The Hall–Kier alpha value is -0.500. The predicted molar refractivity (Wildman–Crippen MR) is 58.4 cm³/mol. The summed E-state index contributed by atoms with van der Waals surface area (Å²) >= 11 is 7.22. The number of alkyl halides is 3. The van der Waals surface area contributed by atoms with E-state index in [0.717, 1.165) is 0 Å². The Morgan fingerprint density at radius 2 is 2.27 bits per heavy atom. The number of rotatable bonds is 3. The summed E-state index contributed by atoms with van der Waals surface area (Å²) in [4.78, 5) is 14.3. The van der Waals surface area contributed by atoms with E-state index in [9.17, 15) is 13.6 Å². The third kappa shape index (κ3) is 2.75. The quantitative estimate of drug-likeness (QED) is 0.519. The molecule has 0 fully saturated rings. The van der Waals surface area contributed by atoms with Gasteiger partial charge in [0.1, 0.15) is 9.39 Å². The number of hydrogen-bond donors (Lipinski definition) is 1. The number of carbonyl (C=O) groups is 1. The van der Waals surface area contributed by atoms with Crippen LogP contribution in [0.1, 0.15) is 28.0 Å². The molecule has 0 bridgehead atoms. The monoisotopic (exact) mass is 347 g/mol. The van der Waals surface area contributed by atoms with Crippen molar-refractivity contribution in [3.8, 4) is 0 Å². The molecule has 0 amide bonds. The van der Waals surface area contributed by atoms with Crippen molar-refractivity contribution in [1.82, 2.24) is 4.98 Å². The Morgan fingerprint density at radius 1 is 1.67 bits per heavy atom. The van der Waals surface area contributed by atoms with Crippen LogP contribution in [0.4, 0.5) is 8.78 Å². The number of hydrogen-bond acceptors (Lipinski definition) is 2. The van der Waals surface area contributed by atoms with Gasteiger partial charge in [-0.15, -0.1) is 11.6 Å².